The predicted octanol–water partition coefficient (Wildman–Crippen LogP) is 0.941. The van der Waals surface area contributed by atoms with Gasteiger partial charge in [-0.15, -0.1) is 4.57 Å². The van der Waals surface area contributed by atoms with Gasteiger partial charge >= 0.3 is 17.7 Å². The van der Waals surface area contributed by atoms with E-state index >= 15 is 0 Å². The third-order valence-corrected chi connectivity index (χ3v) is 1.98. The number of ether oxygens (including phenoxy) is 1. The van der Waals surface area contributed by atoms with Crippen LogP contribution in [0.5, 0.6) is 0 Å². The second-order valence-corrected chi connectivity index (χ2v) is 3.24. The first-order valence-corrected chi connectivity index (χ1v) is 5.02. The second kappa shape index (κ2) is 6.28. The molecule has 1 rings (SSSR count). The predicted molar refractivity (Wildman–Crippen MR) is 59.9 cm³/mol. The van der Waals surface area contributed by atoms with Crippen molar-refractivity contribution in [2.24, 2.45) is 0 Å². The van der Waals surface area contributed by atoms with Gasteiger partial charge in [0.25, 0.3) is 0 Å². The fourth-order valence-electron chi connectivity index (χ4n) is 1.17. The fourth-order valence-corrected chi connectivity index (χ4v) is 1.17. The molecule has 0 aromatic carbocycles. The molecule has 0 saturated carbocycles. The van der Waals surface area contributed by atoms with Gasteiger partial charge in [0.1, 0.15) is 12.8 Å². The first kappa shape index (κ1) is 13.6. The van der Waals surface area contributed by atoms with Crippen LogP contribution in [0.1, 0.15) is 17.6 Å². The molecule has 8 nitrogen and oxygen atoms in total. The number of nitrogens with zero attached hydrogens (tertiary/aromatic N) is 3. The summed E-state index contributed by atoms with van der Waals surface area (Å²) in [5.41, 5.74) is 0. The summed E-state index contributed by atoms with van der Waals surface area (Å²) in [5.74, 6) is -1.58. The van der Waals surface area contributed by atoms with E-state index in [4.69, 9.17) is 0 Å². The van der Waals surface area contributed by atoms with E-state index in [-0.39, 0.29) is 19.4 Å². The van der Waals surface area contributed by atoms with Crippen LogP contribution >= 0.6 is 0 Å². The summed E-state index contributed by atoms with van der Waals surface area (Å²) in [4.78, 5) is 36.1. The normalized spacial score (nSPS) is 9.78. The maximum Gasteiger partial charge on any atom is 0.350 e. The van der Waals surface area contributed by atoms with Gasteiger partial charge < -0.3 is 14.9 Å². The zero-order valence-corrected chi connectivity index (χ0v) is 9.44. The number of carbonyl (C=O) groups is 2. The van der Waals surface area contributed by atoms with Gasteiger partial charge in [-0.3, -0.25) is 4.79 Å². The van der Waals surface area contributed by atoms with Crippen LogP contribution in [0.25, 0.3) is 0 Å². The summed E-state index contributed by atoms with van der Waals surface area (Å²) in [7, 11) is 0. The molecule has 96 valence electrons. The molecule has 1 aromatic heterocycles. The minimum atomic E-state index is -0.721. The smallest absolute Gasteiger partial charge is 0.350 e. The Hall–Kier alpha value is -2.51. The Kier molecular flexibility index (Phi) is 4.73. The van der Waals surface area contributed by atoms with Crippen molar-refractivity contribution in [3.05, 3.63) is 35.3 Å². The molecule has 0 aliphatic rings. The van der Waals surface area contributed by atoms with E-state index in [2.05, 4.69) is 16.3 Å². The highest BCUT2D eigenvalue weighted by Crippen LogP contribution is 2.11. The van der Waals surface area contributed by atoms with Crippen molar-refractivity contribution in [3.8, 4) is 0 Å². The van der Waals surface area contributed by atoms with Crippen LogP contribution in [0.15, 0.2) is 25.2 Å². The summed E-state index contributed by atoms with van der Waals surface area (Å²) in [5, 5.41) is 10.6. The van der Waals surface area contributed by atoms with Gasteiger partial charge in [0, 0.05) is 0 Å². The largest absolute Gasteiger partial charge is 0.461 e. The third kappa shape index (κ3) is 3.51. The molecule has 18 heavy (non-hydrogen) atoms. The third-order valence-electron chi connectivity index (χ3n) is 1.98. The van der Waals surface area contributed by atoms with E-state index in [1.54, 1.807) is 0 Å². The van der Waals surface area contributed by atoms with Crippen molar-refractivity contribution in [2.75, 3.05) is 6.61 Å². The minimum Gasteiger partial charge on any atom is -0.461 e. The summed E-state index contributed by atoms with van der Waals surface area (Å²) in [6.07, 6.45) is 3.07. The lowest BCUT2D eigenvalue weighted by Crippen LogP contribution is -2.14. The van der Waals surface area contributed by atoms with Crippen molar-refractivity contribution >= 4 is 17.7 Å². The highest BCUT2D eigenvalue weighted by molar-refractivity contribution is 5.84. The Morgan fingerprint density at radius 3 is 2.89 bits per heavy atom. The highest BCUT2D eigenvalue weighted by Gasteiger charge is 2.21. The molecule has 0 N–H and O–H groups in total. The van der Waals surface area contributed by atoms with Crippen LogP contribution < -0.4 is 0 Å². The number of aromatic nitrogens is 2. The molecule has 1 aromatic rings. The molecule has 8 heteroatoms. The molecule has 0 saturated heterocycles. The Balaban J connectivity index is 2.55. The highest BCUT2D eigenvalue weighted by atomic mass is 16.6. The van der Waals surface area contributed by atoms with Crippen molar-refractivity contribution in [1.82, 2.24) is 9.55 Å². The monoisotopic (exact) mass is 253 g/mol. The quantitative estimate of drug-likeness (QED) is 0.323. The van der Waals surface area contributed by atoms with Gasteiger partial charge in [-0.25, -0.2) is 9.78 Å². The van der Waals surface area contributed by atoms with E-state index in [9.17, 15) is 19.7 Å². The molecule has 0 fully saturated rings. The molecule has 0 amide bonds. The molecule has 0 spiro atoms. The first-order valence-electron chi connectivity index (χ1n) is 5.02. The van der Waals surface area contributed by atoms with Gasteiger partial charge in [-0.1, -0.05) is 12.7 Å². The number of rotatable bonds is 6. The molecule has 0 bridgehead atoms. The second-order valence-electron chi connectivity index (χ2n) is 3.24. The Morgan fingerprint density at radius 1 is 1.56 bits per heavy atom. The Labute approximate surface area is 102 Å². The molecular weight excluding hydrogens is 242 g/mol. The lowest BCUT2D eigenvalue weighted by Gasteiger charge is -2.00. The van der Waals surface area contributed by atoms with E-state index in [1.165, 1.54) is 6.08 Å². The SMILES string of the molecule is C=CCOC(=O)CCC(=O)n1cncc1[N+](=O)[O-]. The summed E-state index contributed by atoms with van der Waals surface area (Å²) >= 11 is 0. The Bertz CT molecular complexity index is 480. The van der Waals surface area contributed by atoms with Crippen molar-refractivity contribution < 1.29 is 19.2 Å². The zero-order valence-electron chi connectivity index (χ0n) is 9.44. The van der Waals surface area contributed by atoms with E-state index in [0.717, 1.165) is 17.1 Å². The number of imidazole rings is 1. The van der Waals surface area contributed by atoms with Gasteiger partial charge in [0.15, 0.2) is 6.33 Å². The van der Waals surface area contributed by atoms with Gasteiger partial charge in [-0.2, -0.15) is 0 Å². The molecule has 0 aliphatic heterocycles. The van der Waals surface area contributed by atoms with Crippen molar-refractivity contribution in [1.29, 1.82) is 0 Å². The lowest BCUT2D eigenvalue weighted by atomic mass is 10.3. The number of esters is 1. The minimum absolute atomic E-state index is 0.0677. The first-order chi connectivity index (χ1) is 8.56. The fraction of sp³-hybridized carbons (Fsp3) is 0.300. The molecule has 0 radical (unpaired) electrons. The lowest BCUT2D eigenvalue weighted by molar-refractivity contribution is -0.390. The topological polar surface area (TPSA) is 104 Å². The average molecular weight is 253 g/mol. The van der Waals surface area contributed by atoms with E-state index in [1.807, 2.05) is 0 Å². The van der Waals surface area contributed by atoms with Gasteiger partial charge in [0.2, 0.25) is 0 Å². The van der Waals surface area contributed by atoms with Crippen LogP contribution in [0.4, 0.5) is 5.82 Å². The number of hydrogen-bond acceptors (Lipinski definition) is 6. The standard InChI is InChI=1S/C10H11N3O5/c1-2-5-18-10(15)4-3-9(14)12-7-11-6-8(12)13(16)17/h2,6-7H,1,3-5H2. The van der Waals surface area contributed by atoms with Crippen molar-refractivity contribution in [3.63, 3.8) is 0 Å². The maximum absolute atomic E-state index is 11.6. The Morgan fingerprint density at radius 2 is 2.28 bits per heavy atom. The molecular formula is C10H11N3O5. The molecule has 0 aliphatic carbocycles. The van der Waals surface area contributed by atoms with Crippen LogP contribution in [0, 0.1) is 10.1 Å². The molecule has 1 heterocycles. The zero-order chi connectivity index (χ0) is 13.5. The number of hydrogen-bond donors (Lipinski definition) is 0. The van der Waals surface area contributed by atoms with Crippen LogP contribution in [0.3, 0.4) is 0 Å². The number of nitro groups is 1. The summed E-state index contributed by atoms with van der Waals surface area (Å²) in [6.45, 7) is 3.44. The van der Waals surface area contributed by atoms with Crippen LogP contribution in [0.2, 0.25) is 0 Å². The van der Waals surface area contributed by atoms with Crippen LogP contribution in [-0.2, 0) is 9.53 Å². The molecule has 0 atom stereocenters. The van der Waals surface area contributed by atoms with Crippen LogP contribution in [-0.4, -0.2) is 33.0 Å². The van der Waals surface area contributed by atoms with E-state index < -0.39 is 22.6 Å². The summed E-state index contributed by atoms with van der Waals surface area (Å²) in [6, 6.07) is 0. The number of carbonyl (C=O) groups excluding carboxylic acids is 2. The van der Waals surface area contributed by atoms with Gasteiger partial charge in [-0.05, 0) is 4.92 Å². The summed E-state index contributed by atoms with van der Waals surface area (Å²) < 4.78 is 5.46. The van der Waals surface area contributed by atoms with Crippen molar-refractivity contribution in [2.45, 2.75) is 12.8 Å². The maximum atomic E-state index is 11.6. The van der Waals surface area contributed by atoms with Gasteiger partial charge in [0.05, 0.1) is 12.8 Å². The average Bonchev–Trinajstić information content (AvgIpc) is 2.82. The molecule has 0 unspecified atom stereocenters. The van der Waals surface area contributed by atoms with E-state index in [0.29, 0.717) is 0 Å².